The SMILES string of the molecule is CC(CCCO)NC1CCN(C)C1. The van der Waals surface area contributed by atoms with Gasteiger partial charge in [-0.2, -0.15) is 0 Å². The number of likely N-dealkylation sites (N-methyl/N-ethyl adjacent to an activating group) is 1. The van der Waals surface area contributed by atoms with Crippen LogP contribution in [0.1, 0.15) is 26.2 Å². The van der Waals surface area contributed by atoms with Gasteiger partial charge in [-0.15, -0.1) is 0 Å². The van der Waals surface area contributed by atoms with Crippen molar-refractivity contribution in [2.45, 2.75) is 38.3 Å². The molecule has 0 aliphatic carbocycles. The first-order chi connectivity index (χ1) is 6.22. The van der Waals surface area contributed by atoms with Gasteiger partial charge in [0.15, 0.2) is 0 Å². The van der Waals surface area contributed by atoms with Crippen LogP contribution in [0.25, 0.3) is 0 Å². The zero-order chi connectivity index (χ0) is 9.68. The smallest absolute Gasteiger partial charge is 0.0431 e. The zero-order valence-corrected chi connectivity index (χ0v) is 8.79. The lowest BCUT2D eigenvalue weighted by atomic mass is 10.1. The highest BCUT2D eigenvalue weighted by Crippen LogP contribution is 2.08. The Morgan fingerprint density at radius 1 is 1.62 bits per heavy atom. The summed E-state index contributed by atoms with van der Waals surface area (Å²) in [5.74, 6) is 0. The van der Waals surface area contributed by atoms with Crippen molar-refractivity contribution in [3.63, 3.8) is 0 Å². The van der Waals surface area contributed by atoms with Crippen molar-refractivity contribution in [2.24, 2.45) is 0 Å². The van der Waals surface area contributed by atoms with Gasteiger partial charge in [-0.05, 0) is 39.8 Å². The van der Waals surface area contributed by atoms with Gasteiger partial charge >= 0.3 is 0 Å². The third-order valence-corrected chi connectivity index (χ3v) is 2.71. The molecule has 3 heteroatoms. The normalized spacial score (nSPS) is 26.5. The van der Waals surface area contributed by atoms with Gasteiger partial charge in [-0.3, -0.25) is 0 Å². The van der Waals surface area contributed by atoms with Gasteiger partial charge < -0.3 is 15.3 Å². The maximum Gasteiger partial charge on any atom is 0.0431 e. The van der Waals surface area contributed by atoms with Gasteiger partial charge in [-0.25, -0.2) is 0 Å². The average molecular weight is 186 g/mol. The van der Waals surface area contributed by atoms with E-state index in [2.05, 4.69) is 24.2 Å². The van der Waals surface area contributed by atoms with Crippen molar-refractivity contribution in [3.8, 4) is 0 Å². The molecule has 1 fully saturated rings. The highest BCUT2D eigenvalue weighted by Gasteiger charge is 2.20. The molecule has 0 amide bonds. The molecule has 0 saturated carbocycles. The van der Waals surface area contributed by atoms with E-state index in [4.69, 9.17) is 5.11 Å². The highest BCUT2D eigenvalue weighted by molar-refractivity contribution is 4.80. The van der Waals surface area contributed by atoms with Crippen molar-refractivity contribution in [1.29, 1.82) is 0 Å². The molecule has 1 rings (SSSR count). The Balaban J connectivity index is 2.09. The molecule has 2 atom stereocenters. The number of aliphatic hydroxyl groups is 1. The van der Waals surface area contributed by atoms with E-state index in [9.17, 15) is 0 Å². The Hall–Kier alpha value is -0.120. The monoisotopic (exact) mass is 186 g/mol. The van der Waals surface area contributed by atoms with Crippen molar-refractivity contribution < 1.29 is 5.11 Å². The first kappa shape index (κ1) is 11.0. The summed E-state index contributed by atoms with van der Waals surface area (Å²) in [5.41, 5.74) is 0. The molecule has 1 aliphatic heterocycles. The fraction of sp³-hybridized carbons (Fsp3) is 1.00. The predicted molar refractivity (Wildman–Crippen MR) is 54.8 cm³/mol. The molecule has 1 aliphatic rings. The van der Waals surface area contributed by atoms with E-state index in [1.54, 1.807) is 0 Å². The quantitative estimate of drug-likeness (QED) is 0.654. The summed E-state index contributed by atoms with van der Waals surface area (Å²) in [4.78, 5) is 2.36. The Morgan fingerprint density at radius 3 is 2.92 bits per heavy atom. The van der Waals surface area contributed by atoms with Gasteiger partial charge in [0.05, 0.1) is 0 Å². The molecule has 0 bridgehead atoms. The summed E-state index contributed by atoms with van der Waals surface area (Å²) in [6.07, 6.45) is 3.26. The van der Waals surface area contributed by atoms with Crippen LogP contribution in [0, 0.1) is 0 Å². The largest absolute Gasteiger partial charge is 0.396 e. The number of aliphatic hydroxyl groups excluding tert-OH is 1. The van der Waals surface area contributed by atoms with E-state index in [0.717, 1.165) is 12.8 Å². The summed E-state index contributed by atoms with van der Waals surface area (Å²) in [6, 6.07) is 1.21. The summed E-state index contributed by atoms with van der Waals surface area (Å²) in [7, 11) is 2.17. The second-order valence-electron chi connectivity index (χ2n) is 4.18. The number of likely N-dealkylation sites (tertiary alicyclic amines) is 1. The van der Waals surface area contributed by atoms with E-state index in [1.807, 2.05) is 0 Å². The Bertz CT molecular complexity index is 141. The first-order valence-electron chi connectivity index (χ1n) is 5.28. The van der Waals surface area contributed by atoms with E-state index in [1.165, 1.54) is 19.5 Å². The summed E-state index contributed by atoms with van der Waals surface area (Å²) < 4.78 is 0. The van der Waals surface area contributed by atoms with Gasteiger partial charge in [0.1, 0.15) is 0 Å². The molecule has 2 unspecified atom stereocenters. The van der Waals surface area contributed by atoms with Crippen LogP contribution in [0.2, 0.25) is 0 Å². The minimum atomic E-state index is 0.316. The molecule has 0 aromatic carbocycles. The first-order valence-corrected chi connectivity index (χ1v) is 5.28. The maximum atomic E-state index is 8.68. The molecule has 2 N–H and O–H groups in total. The lowest BCUT2D eigenvalue weighted by Crippen LogP contribution is -2.38. The molecule has 3 nitrogen and oxygen atoms in total. The highest BCUT2D eigenvalue weighted by atomic mass is 16.2. The van der Waals surface area contributed by atoms with Gasteiger partial charge in [0.25, 0.3) is 0 Å². The van der Waals surface area contributed by atoms with Crippen molar-refractivity contribution in [1.82, 2.24) is 10.2 Å². The molecule has 0 aromatic heterocycles. The summed E-state index contributed by atoms with van der Waals surface area (Å²) >= 11 is 0. The zero-order valence-electron chi connectivity index (χ0n) is 8.79. The minimum Gasteiger partial charge on any atom is -0.396 e. The second-order valence-corrected chi connectivity index (χ2v) is 4.18. The third kappa shape index (κ3) is 4.07. The predicted octanol–water partition coefficient (Wildman–Crippen LogP) is 0.441. The number of nitrogens with zero attached hydrogens (tertiary/aromatic N) is 1. The van der Waals surface area contributed by atoms with Crippen LogP contribution in [-0.4, -0.2) is 48.8 Å². The molecule has 13 heavy (non-hydrogen) atoms. The van der Waals surface area contributed by atoms with Crippen LogP contribution in [0.4, 0.5) is 0 Å². The fourth-order valence-corrected chi connectivity index (χ4v) is 1.95. The third-order valence-electron chi connectivity index (χ3n) is 2.71. The molecule has 78 valence electrons. The van der Waals surface area contributed by atoms with Gasteiger partial charge in [0.2, 0.25) is 0 Å². The summed E-state index contributed by atoms with van der Waals surface area (Å²) in [5, 5.41) is 12.3. The number of hydrogen-bond donors (Lipinski definition) is 2. The fourth-order valence-electron chi connectivity index (χ4n) is 1.95. The molecule has 0 radical (unpaired) electrons. The Kier molecular flexibility index (Phi) is 4.70. The van der Waals surface area contributed by atoms with Crippen molar-refractivity contribution in [2.75, 3.05) is 26.7 Å². The molecule has 1 heterocycles. The number of hydrogen-bond acceptors (Lipinski definition) is 3. The Morgan fingerprint density at radius 2 is 2.38 bits per heavy atom. The molecule has 1 saturated heterocycles. The van der Waals surface area contributed by atoms with Crippen LogP contribution >= 0.6 is 0 Å². The van der Waals surface area contributed by atoms with Gasteiger partial charge in [-0.1, -0.05) is 0 Å². The molecular weight excluding hydrogens is 164 g/mol. The summed E-state index contributed by atoms with van der Waals surface area (Å²) in [6.45, 7) is 4.90. The van der Waals surface area contributed by atoms with Crippen LogP contribution in [0.5, 0.6) is 0 Å². The van der Waals surface area contributed by atoms with Crippen LogP contribution in [0.3, 0.4) is 0 Å². The number of rotatable bonds is 5. The lowest BCUT2D eigenvalue weighted by Gasteiger charge is -2.18. The van der Waals surface area contributed by atoms with Crippen molar-refractivity contribution >= 4 is 0 Å². The van der Waals surface area contributed by atoms with Crippen molar-refractivity contribution in [3.05, 3.63) is 0 Å². The van der Waals surface area contributed by atoms with E-state index >= 15 is 0 Å². The molecule has 0 aromatic rings. The maximum absolute atomic E-state index is 8.68. The van der Waals surface area contributed by atoms with Crippen LogP contribution in [0.15, 0.2) is 0 Å². The lowest BCUT2D eigenvalue weighted by molar-refractivity contribution is 0.273. The Labute approximate surface area is 81.1 Å². The van der Waals surface area contributed by atoms with E-state index in [0.29, 0.717) is 18.7 Å². The van der Waals surface area contributed by atoms with E-state index in [-0.39, 0.29) is 0 Å². The molecule has 0 spiro atoms. The minimum absolute atomic E-state index is 0.316. The number of nitrogens with one attached hydrogen (secondary N) is 1. The van der Waals surface area contributed by atoms with Crippen LogP contribution < -0.4 is 5.32 Å². The van der Waals surface area contributed by atoms with E-state index < -0.39 is 0 Å². The second kappa shape index (κ2) is 5.58. The topological polar surface area (TPSA) is 35.5 Å². The standard InChI is InChI=1S/C10H22N2O/c1-9(4-3-7-13)11-10-5-6-12(2)8-10/h9-11,13H,3-8H2,1-2H3. The van der Waals surface area contributed by atoms with Gasteiger partial charge in [0, 0.05) is 25.2 Å². The molecular formula is C10H22N2O. The average Bonchev–Trinajstić information content (AvgIpc) is 2.48. The van der Waals surface area contributed by atoms with Crippen LogP contribution in [-0.2, 0) is 0 Å².